The van der Waals surface area contributed by atoms with E-state index in [0.717, 1.165) is 19.8 Å². The third-order valence-corrected chi connectivity index (χ3v) is 5.09. The second-order valence-electron chi connectivity index (χ2n) is 9.20. The number of anilines is 2. The van der Waals surface area contributed by atoms with Crippen molar-refractivity contribution in [2.45, 2.75) is 52.4 Å². The van der Waals surface area contributed by atoms with E-state index in [1.807, 2.05) is 0 Å². The summed E-state index contributed by atoms with van der Waals surface area (Å²) in [5, 5.41) is 0. The number of para-hydroxylation sites is 2. The van der Waals surface area contributed by atoms with Gasteiger partial charge in [-0.15, -0.1) is 0 Å². The molecule has 1 fully saturated rings. The van der Waals surface area contributed by atoms with E-state index in [1.165, 1.54) is 22.5 Å². The van der Waals surface area contributed by atoms with E-state index in [0.29, 0.717) is 0 Å². The Labute approximate surface area is 153 Å². The van der Waals surface area contributed by atoms with E-state index < -0.39 is 0 Å². The van der Waals surface area contributed by atoms with Gasteiger partial charge in [-0.25, -0.2) is 0 Å². The Kier molecular flexibility index (Phi) is 4.57. The highest BCUT2D eigenvalue weighted by Gasteiger charge is 2.28. The zero-order valence-corrected chi connectivity index (χ0v) is 16.6. The molecule has 2 aromatic rings. The van der Waals surface area contributed by atoms with Crippen LogP contribution < -0.4 is 9.80 Å². The Morgan fingerprint density at radius 3 is 1.32 bits per heavy atom. The van der Waals surface area contributed by atoms with Crippen molar-refractivity contribution in [3.05, 3.63) is 59.7 Å². The molecule has 0 bridgehead atoms. The van der Waals surface area contributed by atoms with Crippen molar-refractivity contribution >= 4 is 11.4 Å². The third kappa shape index (κ3) is 3.68. The molecule has 0 saturated carbocycles. The number of nitrogens with zero attached hydrogens (tertiary/aromatic N) is 2. The quantitative estimate of drug-likeness (QED) is 0.708. The maximum atomic E-state index is 2.53. The summed E-state index contributed by atoms with van der Waals surface area (Å²) in [6, 6.07) is 17.8. The normalized spacial score (nSPS) is 15.8. The maximum Gasteiger partial charge on any atom is 0.0904 e. The van der Waals surface area contributed by atoms with E-state index >= 15 is 0 Å². The summed E-state index contributed by atoms with van der Waals surface area (Å²) in [7, 11) is 0. The second kappa shape index (κ2) is 6.40. The molecule has 0 N–H and O–H groups in total. The van der Waals surface area contributed by atoms with E-state index in [9.17, 15) is 0 Å². The van der Waals surface area contributed by atoms with Crippen molar-refractivity contribution in [2.24, 2.45) is 0 Å². The van der Waals surface area contributed by atoms with Gasteiger partial charge < -0.3 is 9.80 Å². The molecule has 0 radical (unpaired) electrons. The minimum absolute atomic E-state index is 0.160. The first-order valence-corrected chi connectivity index (χ1v) is 9.37. The summed E-state index contributed by atoms with van der Waals surface area (Å²) in [6.45, 7) is 16.9. The average Bonchev–Trinajstić information content (AvgIpc) is 3.03. The van der Waals surface area contributed by atoms with Gasteiger partial charge in [-0.3, -0.25) is 0 Å². The van der Waals surface area contributed by atoms with Crippen molar-refractivity contribution in [1.82, 2.24) is 0 Å². The monoisotopic (exact) mass is 336 g/mol. The second-order valence-corrected chi connectivity index (χ2v) is 9.20. The van der Waals surface area contributed by atoms with Gasteiger partial charge in [-0.05, 0) is 34.1 Å². The van der Waals surface area contributed by atoms with Gasteiger partial charge in [0.05, 0.1) is 6.67 Å². The molecule has 1 aliphatic heterocycles. The molecule has 0 aliphatic carbocycles. The van der Waals surface area contributed by atoms with Crippen LogP contribution in [0.4, 0.5) is 11.4 Å². The Morgan fingerprint density at radius 2 is 0.960 bits per heavy atom. The molecule has 25 heavy (non-hydrogen) atoms. The molecule has 3 rings (SSSR count). The van der Waals surface area contributed by atoms with E-state index in [2.05, 4.69) is 99.9 Å². The fourth-order valence-electron chi connectivity index (χ4n) is 3.75. The van der Waals surface area contributed by atoms with E-state index in [1.54, 1.807) is 0 Å². The van der Waals surface area contributed by atoms with Crippen LogP contribution in [0.3, 0.4) is 0 Å². The van der Waals surface area contributed by atoms with Gasteiger partial charge in [0.15, 0.2) is 0 Å². The Hall–Kier alpha value is -1.96. The summed E-state index contributed by atoms with van der Waals surface area (Å²) in [5.74, 6) is 0. The van der Waals surface area contributed by atoms with Crippen molar-refractivity contribution in [1.29, 1.82) is 0 Å². The first-order chi connectivity index (χ1) is 11.7. The molecule has 1 heterocycles. The average molecular weight is 337 g/mol. The van der Waals surface area contributed by atoms with Crippen LogP contribution in [-0.4, -0.2) is 19.8 Å². The van der Waals surface area contributed by atoms with Crippen molar-refractivity contribution in [3.63, 3.8) is 0 Å². The third-order valence-electron chi connectivity index (χ3n) is 5.09. The molecule has 0 spiro atoms. The number of hydrogen-bond donors (Lipinski definition) is 0. The molecule has 0 aromatic heterocycles. The summed E-state index contributed by atoms with van der Waals surface area (Å²) in [4.78, 5) is 5.06. The lowest BCUT2D eigenvalue weighted by atomic mass is 9.85. The molecule has 2 aromatic carbocycles. The molecule has 0 unspecified atom stereocenters. The van der Waals surface area contributed by atoms with Gasteiger partial charge in [0.2, 0.25) is 0 Å². The predicted octanol–water partition coefficient (Wildman–Crippen LogP) is 5.57. The van der Waals surface area contributed by atoms with Crippen molar-refractivity contribution < 1.29 is 0 Å². The fraction of sp³-hybridized carbons (Fsp3) is 0.478. The molecule has 2 nitrogen and oxygen atoms in total. The van der Waals surface area contributed by atoms with Crippen LogP contribution >= 0.6 is 0 Å². The summed E-state index contributed by atoms with van der Waals surface area (Å²) in [6.07, 6.45) is 0. The largest absolute Gasteiger partial charge is 0.352 e. The molecule has 0 atom stereocenters. The zero-order chi connectivity index (χ0) is 18.2. The zero-order valence-electron chi connectivity index (χ0n) is 16.6. The van der Waals surface area contributed by atoms with E-state index in [4.69, 9.17) is 0 Å². The summed E-state index contributed by atoms with van der Waals surface area (Å²) in [5.41, 5.74) is 5.94. The van der Waals surface area contributed by atoms with E-state index in [-0.39, 0.29) is 10.8 Å². The first kappa shape index (κ1) is 17.8. The van der Waals surface area contributed by atoms with Gasteiger partial charge >= 0.3 is 0 Å². The van der Waals surface area contributed by atoms with Crippen LogP contribution in [-0.2, 0) is 10.8 Å². The van der Waals surface area contributed by atoms with Crippen LogP contribution in [0.15, 0.2) is 48.5 Å². The van der Waals surface area contributed by atoms with Crippen molar-refractivity contribution in [3.8, 4) is 0 Å². The highest BCUT2D eigenvalue weighted by Crippen LogP contribution is 2.36. The standard InChI is InChI=1S/C23H32N2/c1-22(2,3)18-11-7-9-13-20(18)24-15-16-25(17-24)21-14-10-8-12-19(21)23(4,5)6/h7-14H,15-17H2,1-6H3. The molecule has 1 saturated heterocycles. The topological polar surface area (TPSA) is 6.48 Å². The van der Waals surface area contributed by atoms with Crippen LogP contribution in [0.1, 0.15) is 52.7 Å². The van der Waals surface area contributed by atoms with Gasteiger partial charge in [-0.1, -0.05) is 77.9 Å². The van der Waals surface area contributed by atoms with Gasteiger partial charge in [0.25, 0.3) is 0 Å². The van der Waals surface area contributed by atoms with Crippen molar-refractivity contribution in [2.75, 3.05) is 29.6 Å². The van der Waals surface area contributed by atoms with Crippen LogP contribution in [0.25, 0.3) is 0 Å². The number of hydrogen-bond acceptors (Lipinski definition) is 2. The minimum Gasteiger partial charge on any atom is -0.352 e. The van der Waals surface area contributed by atoms with Crippen LogP contribution in [0, 0.1) is 0 Å². The minimum atomic E-state index is 0.160. The summed E-state index contributed by atoms with van der Waals surface area (Å²) < 4.78 is 0. The van der Waals surface area contributed by atoms with Gasteiger partial charge in [0, 0.05) is 24.5 Å². The lowest BCUT2D eigenvalue weighted by Crippen LogP contribution is -2.29. The molecule has 1 aliphatic rings. The number of rotatable bonds is 2. The SMILES string of the molecule is CC(C)(C)c1ccccc1N1CCN(c2ccccc2C(C)(C)C)C1. The Bertz CT molecular complexity index is 671. The highest BCUT2D eigenvalue weighted by molar-refractivity contribution is 5.63. The molecular formula is C23H32N2. The molecular weight excluding hydrogens is 304 g/mol. The molecule has 2 heteroatoms. The Balaban J connectivity index is 1.90. The van der Waals surface area contributed by atoms with Gasteiger partial charge in [-0.2, -0.15) is 0 Å². The van der Waals surface area contributed by atoms with Gasteiger partial charge in [0.1, 0.15) is 0 Å². The summed E-state index contributed by atoms with van der Waals surface area (Å²) >= 11 is 0. The smallest absolute Gasteiger partial charge is 0.0904 e. The molecule has 0 amide bonds. The van der Waals surface area contributed by atoms with Crippen LogP contribution in [0.5, 0.6) is 0 Å². The lowest BCUT2D eigenvalue weighted by molar-refractivity contribution is 0.587. The lowest BCUT2D eigenvalue weighted by Gasteiger charge is -2.31. The highest BCUT2D eigenvalue weighted by atomic mass is 15.4. The fourth-order valence-corrected chi connectivity index (χ4v) is 3.75. The maximum absolute atomic E-state index is 2.53. The Morgan fingerprint density at radius 1 is 0.600 bits per heavy atom. The number of benzene rings is 2. The molecule has 134 valence electrons. The van der Waals surface area contributed by atoms with Crippen LogP contribution in [0.2, 0.25) is 0 Å². The predicted molar refractivity (Wildman–Crippen MR) is 110 cm³/mol. The first-order valence-electron chi connectivity index (χ1n) is 9.37.